The van der Waals surface area contributed by atoms with E-state index in [1.165, 1.54) is 49.9 Å². The number of piperidine rings is 1. The van der Waals surface area contributed by atoms with E-state index in [1.807, 2.05) is 11.3 Å². The zero-order valence-corrected chi connectivity index (χ0v) is 13.6. The number of nitrogens with zero attached hydrogens (tertiary/aromatic N) is 1. The molecule has 4 rings (SSSR count). The lowest BCUT2D eigenvalue weighted by Crippen LogP contribution is -2.41. The molecule has 2 heterocycles. The summed E-state index contributed by atoms with van der Waals surface area (Å²) in [5.74, 6) is 0. The van der Waals surface area contributed by atoms with Crippen molar-refractivity contribution in [2.45, 2.75) is 44.6 Å². The van der Waals surface area contributed by atoms with Gasteiger partial charge in [-0.15, -0.1) is 0 Å². The molecule has 0 saturated carbocycles. The van der Waals surface area contributed by atoms with E-state index in [0.717, 1.165) is 6.54 Å². The molecule has 0 radical (unpaired) electrons. The van der Waals surface area contributed by atoms with Gasteiger partial charge in [0, 0.05) is 6.54 Å². The lowest BCUT2D eigenvalue weighted by Gasteiger charge is -2.40. The molecule has 0 N–H and O–H groups in total. The number of hydrogen-bond donors (Lipinski definition) is 0. The van der Waals surface area contributed by atoms with Crippen LogP contribution in [0.1, 0.15) is 41.5 Å². The third-order valence-corrected chi connectivity index (χ3v) is 6.24. The smallest absolute Gasteiger partial charge is 0.0242 e. The van der Waals surface area contributed by atoms with Crippen LogP contribution in [-0.2, 0) is 18.4 Å². The van der Waals surface area contributed by atoms with E-state index in [-0.39, 0.29) is 0 Å². The van der Waals surface area contributed by atoms with Crippen LogP contribution < -0.4 is 0 Å². The zero-order chi connectivity index (χ0) is 14.3. The first-order valence-electron chi connectivity index (χ1n) is 8.09. The summed E-state index contributed by atoms with van der Waals surface area (Å²) in [4.78, 5) is 2.64. The Kier molecular flexibility index (Phi) is 3.39. The van der Waals surface area contributed by atoms with Gasteiger partial charge in [-0.2, -0.15) is 11.3 Å². The molecule has 1 aliphatic carbocycles. The SMILES string of the molecule is Cc1ccc2c(c1)C1(CC2)CCN(Cc2ccsc2)CC1. The van der Waals surface area contributed by atoms with Crippen molar-refractivity contribution in [2.24, 2.45) is 0 Å². The summed E-state index contributed by atoms with van der Waals surface area (Å²) in [7, 11) is 0. The summed E-state index contributed by atoms with van der Waals surface area (Å²) in [5, 5.41) is 4.48. The number of likely N-dealkylation sites (tertiary alicyclic amines) is 1. The topological polar surface area (TPSA) is 3.24 Å². The molecule has 1 saturated heterocycles. The Morgan fingerprint density at radius 2 is 2.00 bits per heavy atom. The van der Waals surface area contributed by atoms with Gasteiger partial charge in [0.05, 0.1) is 0 Å². The van der Waals surface area contributed by atoms with Crippen LogP contribution >= 0.6 is 11.3 Å². The number of aryl methyl sites for hydroxylation is 2. The molecular formula is C19H23NS. The van der Waals surface area contributed by atoms with Crippen molar-refractivity contribution in [3.8, 4) is 0 Å². The van der Waals surface area contributed by atoms with Crippen LogP contribution in [0.4, 0.5) is 0 Å². The number of fused-ring (bicyclic) bond motifs is 2. The largest absolute Gasteiger partial charge is 0.299 e. The molecule has 0 unspecified atom stereocenters. The van der Waals surface area contributed by atoms with Crippen molar-refractivity contribution in [3.05, 3.63) is 57.3 Å². The predicted molar refractivity (Wildman–Crippen MR) is 90.0 cm³/mol. The Morgan fingerprint density at radius 3 is 2.76 bits per heavy atom. The number of hydrogen-bond acceptors (Lipinski definition) is 2. The molecule has 110 valence electrons. The second-order valence-corrected chi connectivity index (χ2v) is 7.63. The number of thiophene rings is 1. The summed E-state index contributed by atoms with van der Waals surface area (Å²) < 4.78 is 0. The molecule has 0 amide bonds. The first-order chi connectivity index (χ1) is 10.3. The lowest BCUT2D eigenvalue weighted by molar-refractivity contribution is 0.152. The van der Waals surface area contributed by atoms with Gasteiger partial charge in [0.1, 0.15) is 0 Å². The highest BCUT2D eigenvalue weighted by Gasteiger charge is 2.40. The molecule has 2 heteroatoms. The molecule has 1 aliphatic heterocycles. The summed E-state index contributed by atoms with van der Waals surface area (Å²) in [6.07, 6.45) is 5.35. The summed E-state index contributed by atoms with van der Waals surface area (Å²) in [6.45, 7) is 5.88. The van der Waals surface area contributed by atoms with Gasteiger partial charge >= 0.3 is 0 Å². The first-order valence-corrected chi connectivity index (χ1v) is 9.03. The molecule has 2 aliphatic rings. The summed E-state index contributed by atoms with van der Waals surface area (Å²) >= 11 is 1.81. The second kappa shape index (κ2) is 5.26. The molecule has 1 aromatic carbocycles. The monoisotopic (exact) mass is 297 g/mol. The first kappa shape index (κ1) is 13.5. The average molecular weight is 297 g/mol. The molecular weight excluding hydrogens is 274 g/mol. The number of rotatable bonds is 2. The van der Waals surface area contributed by atoms with Crippen LogP contribution in [0.25, 0.3) is 0 Å². The van der Waals surface area contributed by atoms with Crippen molar-refractivity contribution in [1.29, 1.82) is 0 Å². The van der Waals surface area contributed by atoms with Gasteiger partial charge in [0.15, 0.2) is 0 Å². The van der Waals surface area contributed by atoms with Gasteiger partial charge in [0.25, 0.3) is 0 Å². The Balaban J connectivity index is 1.49. The maximum atomic E-state index is 2.64. The standard InChI is InChI=1S/C19H23NS/c1-15-2-3-17-4-6-19(18(17)12-15)7-9-20(10-8-19)13-16-5-11-21-14-16/h2-3,5,11-12,14H,4,6-10,13H2,1H3. The van der Waals surface area contributed by atoms with E-state index in [9.17, 15) is 0 Å². The van der Waals surface area contributed by atoms with Gasteiger partial charge in [-0.1, -0.05) is 23.8 Å². The Bertz CT molecular complexity index is 621. The molecule has 1 fully saturated rings. The van der Waals surface area contributed by atoms with Gasteiger partial charge in [0.2, 0.25) is 0 Å². The predicted octanol–water partition coefficient (Wildman–Crippen LogP) is 4.54. The van der Waals surface area contributed by atoms with Crippen LogP contribution in [0.15, 0.2) is 35.0 Å². The molecule has 1 spiro atoms. The molecule has 2 aromatic rings. The van der Waals surface area contributed by atoms with Gasteiger partial charge in [-0.3, -0.25) is 4.90 Å². The second-order valence-electron chi connectivity index (χ2n) is 6.85. The van der Waals surface area contributed by atoms with E-state index in [2.05, 4.69) is 46.8 Å². The zero-order valence-electron chi connectivity index (χ0n) is 12.8. The maximum absolute atomic E-state index is 2.64. The van der Waals surface area contributed by atoms with Crippen LogP contribution in [0.5, 0.6) is 0 Å². The van der Waals surface area contributed by atoms with Crippen molar-refractivity contribution >= 4 is 11.3 Å². The Labute approximate surface area is 131 Å². The third-order valence-electron chi connectivity index (χ3n) is 5.51. The highest BCUT2D eigenvalue weighted by molar-refractivity contribution is 7.07. The normalized spacial score (nSPS) is 20.8. The molecule has 0 bridgehead atoms. The minimum atomic E-state index is 0.493. The fourth-order valence-corrected chi connectivity index (χ4v) is 4.87. The van der Waals surface area contributed by atoms with E-state index < -0.39 is 0 Å². The minimum absolute atomic E-state index is 0.493. The van der Waals surface area contributed by atoms with Gasteiger partial charge < -0.3 is 0 Å². The van der Waals surface area contributed by atoms with Crippen LogP contribution in [0.3, 0.4) is 0 Å². The average Bonchev–Trinajstić information content (AvgIpc) is 3.11. The van der Waals surface area contributed by atoms with E-state index in [0.29, 0.717) is 5.41 Å². The van der Waals surface area contributed by atoms with Crippen LogP contribution in [-0.4, -0.2) is 18.0 Å². The molecule has 1 nitrogen and oxygen atoms in total. The van der Waals surface area contributed by atoms with Crippen LogP contribution in [0, 0.1) is 6.92 Å². The highest BCUT2D eigenvalue weighted by atomic mass is 32.1. The van der Waals surface area contributed by atoms with Gasteiger partial charge in [-0.25, -0.2) is 0 Å². The quantitative estimate of drug-likeness (QED) is 0.787. The molecule has 0 atom stereocenters. The minimum Gasteiger partial charge on any atom is -0.299 e. The summed E-state index contributed by atoms with van der Waals surface area (Å²) in [6, 6.07) is 9.39. The van der Waals surface area contributed by atoms with Crippen molar-refractivity contribution < 1.29 is 0 Å². The van der Waals surface area contributed by atoms with E-state index in [1.54, 1.807) is 11.1 Å². The van der Waals surface area contributed by atoms with Gasteiger partial charge in [-0.05, 0) is 84.6 Å². The Hall–Kier alpha value is -1.12. The molecule has 21 heavy (non-hydrogen) atoms. The fraction of sp³-hybridized carbons (Fsp3) is 0.474. The maximum Gasteiger partial charge on any atom is 0.0242 e. The van der Waals surface area contributed by atoms with Crippen molar-refractivity contribution in [2.75, 3.05) is 13.1 Å². The van der Waals surface area contributed by atoms with Crippen molar-refractivity contribution in [1.82, 2.24) is 4.90 Å². The Morgan fingerprint density at radius 1 is 1.14 bits per heavy atom. The summed E-state index contributed by atoms with van der Waals surface area (Å²) in [5.41, 5.74) is 6.70. The lowest BCUT2D eigenvalue weighted by atomic mass is 9.73. The van der Waals surface area contributed by atoms with Crippen molar-refractivity contribution in [3.63, 3.8) is 0 Å². The van der Waals surface area contributed by atoms with E-state index in [4.69, 9.17) is 0 Å². The third kappa shape index (κ3) is 2.45. The molecule has 1 aromatic heterocycles. The van der Waals surface area contributed by atoms with Crippen LogP contribution in [0.2, 0.25) is 0 Å². The number of benzene rings is 1. The highest BCUT2D eigenvalue weighted by Crippen LogP contribution is 2.46. The van der Waals surface area contributed by atoms with E-state index >= 15 is 0 Å². The fourth-order valence-electron chi connectivity index (χ4n) is 4.21.